The number of hydrogen-bond acceptors (Lipinski definition) is 15. The molecule has 0 aliphatic rings. The highest BCUT2D eigenvalue weighted by Crippen LogP contribution is 2.45. The fourth-order valence-electron chi connectivity index (χ4n) is 15.0. The summed E-state index contributed by atoms with van der Waals surface area (Å²) in [4.78, 5) is 73.5. The van der Waals surface area contributed by atoms with Crippen LogP contribution in [-0.2, 0) is 65.4 Å². The van der Waals surface area contributed by atoms with E-state index in [4.69, 9.17) is 37.0 Å². The number of unbranched alkanes of at least 4 members (excludes halogenated alkanes) is 56. The Bertz CT molecular complexity index is 2220. The molecule has 115 heavy (non-hydrogen) atoms. The first-order valence-electron chi connectivity index (χ1n) is 49.3. The van der Waals surface area contributed by atoms with Gasteiger partial charge in [0.1, 0.15) is 19.3 Å². The van der Waals surface area contributed by atoms with Crippen molar-refractivity contribution in [1.82, 2.24) is 0 Å². The third kappa shape index (κ3) is 85.4. The van der Waals surface area contributed by atoms with Gasteiger partial charge < -0.3 is 33.8 Å². The molecule has 5 unspecified atom stereocenters. The summed E-state index contributed by atoms with van der Waals surface area (Å²) in [5, 5.41) is 10.7. The second-order valence-corrected chi connectivity index (χ2v) is 38.6. The van der Waals surface area contributed by atoms with Gasteiger partial charge in [0.05, 0.1) is 26.4 Å². The highest BCUT2D eigenvalue weighted by atomic mass is 31.2. The Hall–Kier alpha value is -1.94. The van der Waals surface area contributed by atoms with Crippen LogP contribution in [0.3, 0.4) is 0 Å². The van der Waals surface area contributed by atoms with Crippen molar-refractivity contribution in [2.24, 2.45) is 23.7 Å². The molecule has 0 aromatic rings. The van der Waals surface area contributed by atoms with Crippen molar-refractivity contribution in [1.29, 1.82) is 0 Å². The van der Waals surface area contributed by atoms with Gasteiger partial charge in [-0.3, -0.25) is 37.3 Å². The highest BCUT2D eigenvalue weighted by molar-refractivity contribution is 7.47. The van der Waals surface area contributed by atoms with Crippen LogP contribution in [0, 0.1) is 23.7 Å². The van der Waals surface area contributed by atoms with Crippen LogP contribution in [0.2, 0.25) is 0 Å². The van der Waals surface area contributed by atoms with Gasteiger partial charge in [-0.25, -0.2) is 9.13 Å². The second kappa shape index (κ2) is 84.3. The van der Waals surface area contributed by atoms with E-state index >= 15 is 0 Å². The molecule has 3 N–H and O–H groups in total. The van der Waals surface area contributed by atoms with Gasteiger partial charge in [-0.15, -0.1) is 0 Å². The van der Waals surface area contributed by atoms with E-state index < -0.39 is 97.5 Å². The van der Waals surface area contributed by atoms with Crippen LogP contribution >= 0.6 is 15.6 Å². The fraction of sp³-hybridized carbons (Fsp3) is 0.958. The normalized spacial score (nSPS) is 14.5. The molecule has 0 aromatic heterocycles. The Morgan fingerprint density at radius 2 is 0.417 bits per heavy atom. The van der Waals surface area contributed by atoms with Gasteiger partial charge in [0, 0.05) is 25.7 Å². The van der Waals surface area contributed by atoms with Crippen molar-refractivity contribution in [3.8, 4) is 0 Å². The zero-order chi connectivity index (χ0) is 84.5. The molecular formula is C96H188O17P2. The van der Waals surface area contributed by atoms with E-state index in [2.05, 4.69) is 55.4 Å². The number of rotatable bonds is 93. The molecule has 0 saturated heterocycles. The van der Waals surface area contributed by atoms with E-state index in [0.717, 1.165) is 120 Å². The zero-order valence-corrected chi connectivity index (χ0v) is 78.2. The molecule has 0 rings (SSSR count). The lowest BCUT2D eigenvalue weighted by Gasteiger charge is -2.21. The lowest BCUT2D eigenvalue weighted by Crippen LogP contribution is -2.30. The quantitative estimate of drug-likeness (QED) is 0.0222. The van der Waals surface area contributed by atoms with Crippen molar-refractivity contribution < 1.29 is 80.2 Å². The Morgan fingerprint density at radius 3 is 0.617 bits per heavy atom. The summed E-state index contributed by atoms with van der Waals surface area (Å²) in [6.45, 7) is 14.5. The predicted octanol–water partition coefficient (Wildman–Crippen LogP) is 29.8. The summed E-state index contributed by atoms with van der Waals surface area (Å²) in [5.41, 5.74) is 0. The highest BCUT2D eigenvalue weighted by Gasteiger charge is 2.31. The molecular weight excluding hydrogens is 1490 g/mol. The standard InChI is InChI=1S/C96H188O17P2/c1-9-87(6)73-65-57-49-43-37-31-25-19-13-16-21-27-33-39-45-51-60-68-76-93(98)106-82-91(112-95(100)78-70-62-53-47-41-35-29-23-17-14-20-26-32-38-44-50-58-66-74-88(7)10-2)84-110-114(102,103)108-80-90(97)81-109-115(104,105)111-85-92(83-107-94(99)77-69-61-55-54-59-67-75-89(8)11-3)113-96(101)79-71-63-52-46-40-34-28-22-15-12-18-24-30-36-42-48-56-64-72-86(4)5/h86-92,97H,9-85H2,1-8H3,(H,102,103)(H,104,105)/t87?,88?,89?,90-,91-,92-/m1/s1. The van der Waals surface area contributed by atoms with E-state index in [1.807, 2.05) is 0 Å². The molecule has 0 aliphatic heterocycles. The van der Waals surface area contributed by atoms with E-state index in [1.54, 1.807) is 0 Å². The van der Waals surface area contributed by atoms with Crippen molar-refractivity contribution in [2.45, 2.75) is 530 Å². The summed E-state index contributed by atoms with van der Waals surface area (Å²) in [6.07, 6.45) is 78.0. The molecule has 17 nitrogen and oxygen atoms in total. The summed E-state index contributed by atoms with van der Waals surface area (Å²) in [6, 6.07) is 0. The summed E-state index contributed by atoms with van der Waals surface area (Å²) >= 11 is 0. The number of carbonyl (C=O) groups excluding carboxylic acids is 4. The average Bonchev–Trinajstić information content (AvgIpc) is 0.901. The third-order valence-electron chi connectivity index (χ3n) is 23.7. The molecule has 0 amide bonds. The van der Waals surface area contributed by atoms with Gasteiger partial charge in [-0.1, -0.05) is 460 Å². The average molecular weight is 1680 g/mol. The van der Waals surface area contributed by atoms with E-state index in [9.17, 15) is 43.2 Å². The van der Waals surface area contributed by atoms with Crippen LogP contribution in [0.5, 0.6) is 0 Å². The SMILES string of the molecule is CCC(C)CCCCCCCCCCCCCCCCCCCCC(=O)OC[C@H](COP(=O)(O)OC[C@@H](O)COP(=O)(O)OC[C@@H](COC(=O)CCCCCCCCC(C)CC)OC(=O)CCCCCCCCCCCCCCCCCCCCC(C)C)OC(=O)CCCCCCCCCCCCCCCCCCCCC(C)CC. The van der Waals surface area contributed by atoms with Gasteiger partial charge in [0.15, 0.2) is 12.2 Å². The number of ether oxygens (including phenoxy) is 4. The maximum absolute atomic E-state index is 13.2. The summed E-state index contributed by atoms with van der Waals surface area (Å²) in [5.74, 6) is 1.20. The number of phosphoric ester groups is 2. The van der Waals surface area contributed by atoms with E-state index in [0.29, 0.717) is 25.7 Å². The van der Waals surface area contributed by atoms with Gasteiger partial charge in [0.2, 0.25) is 0 Å². The summed E-state index contributed by atoms with van der Waals surface area (Å²) < 4.78 is 69.2. The minimum absolute atomic E-state index is 0.107. The molecule has 0 fully saturated rings. The first-order valence-corrected chi connectivity index (χ1v) is 52.3. The lowest BCUT2D eigenvalue weighted by atomic mass is 9.99. The Morgan fingerprint density at radius 1 is 0.243 bits per heavy atom. The number of carbonyl (C=O) groups is 4. The lowest BCUT2D eigenvalue weighted by molar-refractivity contribution is -0.161. The minimum atomic E-state index is -4.97. The van der Waals surface area contributed by atoms with Crippen molar-refractivity contribution in [3.05, 3.63) is 0 Å². The van der Waals surface area contributed by atoms with Crippen LogP contribution in [-0.4, -0.2) is 96.7 Å². The molecule has 0 heterocycles. The maximum atomic E-state index is 13.2. The Balaban J connectivity index is 5.21. The summed E-state index contributed by atoms with van der Waals surface area (Å²) in [7, 11) is -9.94. The van der Waals surface area contributed by atoms with Gasteiger partial charge in [-0.05, 0) is 49.4 Å². The van der Waals surface area contributed by atoms with Crippen molar-refractivity contribution >= 4 is 39.5 Å². The zero-order valence-electron chi connectivity index (χ0n) is 76.4. The molecule has 0 radical (unpaired) electrons. The maximum Gasteiger partial charge on any atom is 0.472 e. The molecule has 0 saturated carbocycles. The van der Waals surface area contributed by atoms with Crippen LogP contribution in [0.1, 0.15) is 511 Å². The minimum Gasteiger partial charge on any atom is -0.462 e. The Kier molecular flexibility index (Phi) is 82.9. The topological polar surface area (TPSA) is 237 Å². The number of hydrogen-bond donors (Lipinski definition) is 3. The smallest absolute Gasteiger partial charge is 0.462 e. The first-order chi connectivity index (χ1) is 55.7. The number of aliphatic hydroxyl groups excluding tert-OH is 1. The van der Waals surface area contributed by atoms with E-state index in [1.165, 1.54) is 308 Å². The van der Waals surface area contributed by atoms with Crippen LogP contribution in [0.25, 0.3) is 0 Å². The van der Waals surface area contributed by atoms with Crippen LogP contribution < -0.4 is 0 Å². The molecule has 0 spiro atoms. The van der Waals surface area contributed by atoms with Crippen LogP contribution in [0.4, 0.5) is 0 Å². The van der Waals surface area contributed by atoms with Gasteiger partial charge in [-0.2, -0.15) is 0 Å². The van der Waals surface area contributed by atoms with Gasteiger partial charge in [0.25, 0.3) is 0 Å². The second-order valence-electron chi connectivity index (χ2n) is 35.7. The number of aliphatic hydroxyl groups is 1. The van der Waals surface area contributed by atoms with Crippen LogP contribution in [0.15, 0.2) is 0 Å². The van der Waals surface area contributed by atoms with Crippen molar-refractivity contribution in [2.75, 3.05) is 39.6 Å². The largest absolute Gasteiger partial charge is 0.472 e. The molecule has 684 valence electrons. The molecule has 0 aliphatic carbocycles. The molecule has 0 bridgehead atoms. The monoisotopic (exact) mass is 1680 g/mol. The van der Waals surface area contributed by atoms with Gasteiger partial charge >= 0.3 is 39.5 Å². The molecule has 8 atom stereocenters. The first kappa shape index (κ1) is 113. The molecule has 19 heteroatoms. The number of phosphoric acid groups is 2. The fourth-order valence-corrected chi connectivity index (χ4v) is 16.6. The molecule has 0 aromatic carbocycles. The van der Waals surface area contributed by atoms with E-state index in [-0.39, 0.29) is 25.7 Å². The predicted molar refractivity (Wildman–Crippen MR) is 478 cm³/mol. The Labute approximate surface area is 708 Å². The third-order valence-corrected chi connectivity index (χ3v) is 25.6. The van der Waals surface area contributed by atoms with Crippen molar-refractivity contribution in [3.63, 3.8) is 0 Å². The number of esters is 4.